The lowest BCUT2D eigenvalue weighted by Gasteiger charge is -2.31. The highest BCUT2D eigenvalue weighted by Crippen LogP contribution is 2.52. The predicted molar refractivity (Wildman–Crippen MR) is 95.8 cm³/mol. The van der Waals surface area contributed by atoms with E-state index in [0.29, 0.717) is 18.4 Å². The molecule has 0 unspecified atom stereocenters. The molecule has 3 atom stereocenters. The van der Waals surface area contributed by atoms with Crippen LogP contribution in [0.15, 0.2) is 42.5 Å². The van der Waals surface area contributed by atoms with E-state index in [9.17, 15) is 9.59 Å². The Hall–Kier alpha value is -1.90. The number of carbonyl (C=O) groups is 2. The first-order valence-electron chi connectivity index (χ1n) is 8.53. The molecule has 130 valence electrons. The second kappa shape index (κ2) is 6.54. The van der Waals surface area contributed by atoms with Gasteiger partial charge in [0.1, 0.15) is 5.60 Å². The third-order valence-electron chi connectivity index (χ3n) is 5.05. The molecule has 0 radical (unpaired) electrons. The van der Waals surface area contributed by atoms with Crippen molar-refractivity contribution in [2.75, 3.05) is 0 Å². The maximum atomic E-state index is 13.0. The van der Waals surface area contributed by atoms with Gasteiger partial charge in [-0.25, -0.2) is 0 Å². The Morgan fingerprint density at radius 2 is 1.79 bits per heavy atom. The number of ether oxygens (including phenoxy) is 1. The number of carbonyl (C=O) groups excluding carboxylic acids is 2. The maximum absolute atomic E-state index is 13.0. The Morgan fingerprint density at radius 1 is 1.21 bits per heavy atom. The average Bonchev–Trinajstić information content (AvgIpc) is 2.85. The standard InChI is InChI=1S/C21H28O3/c1-14(2)21(6)13-16(19(23)24-20(3,4)5)12-17(21)18(22)15-10-8-7-9-11-15/h7-11,16-17H,1,12-13H2,2-6H3/t16-,17-,21-/m1/s1. The van der Waals surface area contributed by atoms with Crippen molar-refractivity contribution in [2.24, 2.45) is 17.3 Å². The first kappa shape index (κ1) is 18.4. The minimum Gasteiger partial charge on any atom is -0.460 e. The van der Waals surface area contributed by atoms with Crippen molar-refractivity contribution in [2.45, 2.75) is 53.1 Å². The number of allylic oxidation sites excluding steroid dienone is 1. The monoisotopic (exact) mass is 328 g/mol. The zero-order valence-corrected chi connectivity index (χ0v) is 15.4. The third kappa shape index (κ3) is 3.77. The molecule has 0 bridgehead atoms. The summed E-state index contributed by atoms with van der Waals surface area (Å²) in [5.41, 5.74) is 0.745. The highest BCUT2D eigenvalue weighted by molar-refractivity contribution is 5.99. The minimum atomic E-state index is -0.516. The number of Topliss-reactive ketones (excluding diaryl/α,β-unsaturated/α-hetero) is 1. The van der Waals surface area contributed by atoms with Gasteiger partial charge in [0.05, 0.1) is 5.92 Å². The fraction of sp³-hybridized carbons (Fsp3) is 0.524. The molecule has 0 N–H and O–H groups in total. The first-order valence-corrected chi connectivity index (χ1v) is 8.53. The van der Waals surface area contributed by atoms with Gasteiger partial charge in [-0.1, -0.05) is 49.4 Å². The van der Waals surface area contributed by atoms with Crippen molar-refractivity contribution in [3.8, 4) is 0 Å². The Balaban J connectivity index is 2.28. The Bertz CT molecular complexity index is 639. The normalized spacial score (nSPS) is 26.9. The van der Waals surface area contributed by atoms with Crippen LogP contribution in [0.5, 0.6) is 0 Å². The largest absolute Gasteiger partial charge is 0.460 e. The van der Waals surface area contributed by atoms with E-state index in [0.717, 1.165) is 5.57 Å². The third-order valence-corrected chi connectivity index (χ3v) is 5.05. The molecule has 1 aromatic rings. The van der Waals surface area contributed by atoms with Gasteiger partial charge >= 0.3 is 5.97 Å². The van der Waals surface area contributed by atoms with Crippen LogP contribution in [0.4, 0.5) is 0 Å². The van der Waals surface area contributed by atoms with E-state index in [1.54, 1.807) is 0 Å². The molecular weight excluding hydrogens is 300 g/mol. The van der Waals surface area contributed by atoms with Crippen molar-refractivity contribution in [3.63, 3.8) is 0 Å². The van der Waals surface area contributed by atoms with Crippen LogP contribution in [0.2, 0.25) is 0 Å². The molecule has 1 aliphatic rings. The van der Waals surface area contributed by atoms with E-state index >= 15 is 0 Å². The molecule has 0 aliphatic heterocycles. The second-order valence-corrected chi connectivity index (χ2v) is 8.15. The van der Waals surface area contributed by atoms with Gasteiger partial charge in [-0.3, -0.25) is 9.59 Å². The minimum absolute atomic E-state index is 0.0900. The van der Waals surface area contributed by atoms with Gasteiger partial charge < -0.3 is 4.74 Å². The Morgan fingerprint density at radius 3 is 2.29 bits per heavy atom. The number of benzene rings is 1. The SMILES string of the molecule is C=C(C)[C@@]1(C)C[C@H](C(=O)OC(C)(C)C)C[C@@H]1C(=O)c1ccccc1. The summed E-state index contributed by atoms with van der Waals surface area (Å²) in [6.45, 7) is 13.7. The van der Waals surface area contributed by atoms with Gasteiger partial charge in [0.2, 0.25) is 0 Å². The van der Waals surface area contributed by atoms with Gasteiger partial charge in [0, 0.05) is 11.5 Å². The van der Waals surface area contributed by atoms with E-state index in [1.807, 2.05) is 65.0 Å². The van der Waals surface area contributed by atoms with E-state index in [1.165, 1.54) is 0 Å². The molecule has 1 fully saturated rings. The molecule has 1 aromatic carbocycles. The van der Waals surface area contributed by atoms with Crippen molar-refractivity contribution >= 4 is 11.8 Å². The summed E-state index contributed by atoms with van der Waals surface area (Å²) in [6, 6.07) is 9.30. The van der Waals surface area contributed by atoms with Crippen molar-refractivity contribution in [1.82, 2.24) is 0 Å². The Labute approximate surface area is 145 Å². The molecule has 1 aliphatic carbocycles. The van der Waals surface area contributed by atoms with Gasteiger partial charge in [-0.2, -0.15) is 0 Å². The van der Waals surface area contributed by atoms with Crippen molar-refractivity contribution in [3.05, 3.63) is 48.0 Å². The van der Waals surface area contributed by atoms with Gasteiger partial charge in [0.15, 0.2) is 5.78 Å². The number of ketones is 1. The summed E-state index contributed by atoms with van der Waals surface area (Å²) in [6.07, 6.45) is 1.13. The van der Waals surface area contributed by atoms with Crippen LogP contribution in [-0.2, 0) is 9.53 Å². The fourth-order valence-electron chi connectivity index (χ4n) is 3.52. The second-order valence-electron chi connectivity index (χ2n) is 8.15. The fourth-order valence-corrected chi connectivity index (χ4v) is 3.52. The topological polar surface area (TPSA) is 43.4 Å². The number of hydrogen-bond acceptors (Lipinski definition) is 3. The summed E-state index contributed by atoms with van der Waals surface area (Å²) in [4.78, 5) is 25.5. The Kier molecular flexibility index (Phi) is 5.03. The first-order chi connectivity index (χ1) is 11.0. The van der Waals surface area contributed by atoms with E-state index in [2.05, 4.69) is 6.58 Å². The van der Waals surface area contributed by atoms with E-state index < -0.39 is 5.60 Å². The highest BCUT2D eigenvalue weighted by Gasteiger charge is 2.50. The lowest BCUT2D eigenvalue weighted by Crippen LogP contribution is -2.29. The molecule has 2 rings (SSSR count). The van der Waals surface area contributed by atoms with Crippen LogP contribution in [0.25, 0.3) is 0 Å². The molecule has 24 heavy (non-hydrogen) atoms. The average molecular weight is 328 g/mol. The van der Waals surface area contributed by atoms with Crippen molar-refractivity contribution in [1.29, 1.82) is 0 Å². The summed E-state index contributed by atoms with van der Waals surface area (Å²) < 4.78 is 5.55. The number of rotatable bonds is 4. The molecule has 3 heteroatoms. The smallest absolute Gasteiger partial charge is 0.309 e. The van der Waals surface area contributed by atoms with Crippen LogP contribution < -0.4 is 0 Å². The van der Waals surface area contributed by atoms with Crippen LogP contribution in [-0.4, -0.2) is 17.4 Å². The molecule has 0 saturated heterocycles. The molecule has 1 saturated carbocycles. The highest BCUT2D eigenvalue weighted by atomic mass is 16.6. The summed E-state index contributed by atoms with van der Waals surface area (Å²) in [7, 11) is 0. The van der Waals surface area contributed by atoms with E-state index in [-0.39, 0.29) is 29.0 Å². The summed E-state index contributed by atoms with van der Waals surface area (Å²) in [5.74, 6) is -0.621. The van der Waals surface area contributed by atoms with Gasteiger partial charge in [0.25, 0.3) is 0 Å². The molecule has 0 spiro atoms. The zero-order chi connectivity index (χ0) is 18.1. The predicted octanol–water partition coefficient (Wildman–Crippen LogP) is 4.82. The quantitative estimate of drug-likeness (QED) is 0.452. The molecular formula is C21H28O3. The van der Waals surface area contributed by atoms with Crippen LogP contribution in [0.1, 0.15) is 57.8 Å². The summed E-state index contributed by atoms with van der Waals surface area (Å²) >= 11 is 0. The molecule has 0 amide bonds. The van der Waals surface area contributed by atoms with Crippen molar-refractivity contribution < 1.29 is 14.3 Å². The molecule has 0 aromatic heterocycles. The van der Waals surface area contributed by atoms with Crippen LogP contribution >= 0.6 is 0 Å². The molecule has 3 nitrogen and oxygen atoms in total. The number of esters is 1. The van der Waals surface area contributed by atoms with E-state index in [4.69, 9.17) is 4.74 Å². The lowest BCUT2D eigenvalue weighted by molar-refractivity contribution is -0.160. The summed E-state index contributed by atoms with van der Waals surface area (Å²) in [5, 5.41) is 0. The van der Waals surface area contributed by atoms with Gasteiger partial charge in [-0.15, -0.1) is 0 Å². The lowest BCUT2D eigenvalue weighted by atomic mass is 9.71. The zero-order valence-electron chi connectivity index (χ0n) is 15.4. The van der Waals surface area contributed by atoms with Crippen LogP contribution in [0.3, 0.4) is 0 Å². The number of hydrogen-bond donors (Lipinski definition) is 0. The maximum Gasteiger partial charge on any atom is 0.309 e. The molecule has 0 heterocycles. The van der Waals surface area contributed by atoms with Crippen LogP contribution in [0, 0.1) is 17.3 Å². The van der Waals surface area contributed by atoms with Gasteiger partial charge in [-0.05, 0) is 46.0 Å².